The number of methoxy groups -OCH3 is 1. The Morgan fingerprint density at radius 3 is 2.86 bits per heavy atom. The van der Waals surface area contributed by atoms with Gasteiger partial charge in [-0.15, -0.1) is 0 Å². The van der Waals surface area contributed by atoms with Gasteiger partial charge in [-0.25, -0.2) is 0 Å². The fraction of sp³-hybridized carbons (Fsp3) is 0.500. The van der Waals surface area contributed by atoms with Crippen molar-refractivity contribution >= 4 is 11.8 Å². The first kappa shape index (κ1) is 13.9. The summed E-state index contributed by atoms with van der Waals surface area (Å²) < 4.78 is 5.35. The van der Waals surface area contributed by atoms with Gasteiger partial charge in [0.25, 0.3) is 0 Å². The summed E-state index contributed by atoms with van der Waals surface area (Å²) in [6.45, 7) is 1.71. The van der Waals surface area contributed by atoms with Gasteiger partial charge in [-0.1, -0.05) is 18.2 Å². The quantitative estimate of drug-likeness (QED) is 0.845. The summed E-state index contributed by atoms with van der Waals surface area (Å²) in [5.74, 6) is 0.960. The highest BCUT2D eigenvalue weighted by Crippen LogP contribution is 2.26. The molecule has 1 aromatic rings. The maximum atomic E-state index is 12.7. The van der Waals surface area contributed by atoms with Crippen molar-refractivity contribution < 1.29 is 14.3 Å². The largest absolute Gasteiger partial charge is 0.496 e. The number of para-hydroxylation sites is 1. The molecule has 0 N–H and O–H groups in total. The lowest BCUT2D eigenvalue weighted by Gasteiger charge is -2.25. The molecule has 1 atom stereocenters. The van der Waals surface area contributed by atoms with E-state index in [1.807, 2.05) is 24.3 Å². The SMILES string of the molecule is COc1ccccc1CN1CCC(=O)N2CCCC2C1=O. The summed E-state index contributed by atoms with van der Waals surface area (Å²) in [5, 5.41) is 0. The van der Waals surface area contributed by atoms with Crippen LogP contribution in [0.4, 0.5) is 0 Å². The van der Waals surface area contributed by atoms with Crippen molar-refractivity contribution in [2.24, 2.45) is 0 Å². The number of carbonyl (C=O) groups excluding carboxylic acids is 2. The lowest BCUT2D eigenvalue weighted by atomic mass is 10.1. The van der Waals surface area contributed by atoms with Gasteiger partial charge in [-0.05, 0) is 18.9 Å². The van der Waals surface area contributed by atoms with E-state index in [1.165, 1.54) is 0 Å². The molecule has 2 heterocycles. The minimum Gasteiger partial charge on any atom is -0.496 e. The third-order valence-corrected chi connectivity index (χ3v) is 4.32. The van der Waals surface area contributed by atoms with E-state index in [2.05, 4.69) is 0 Å². The molecule has 1 unspecified atom stereocenters. The monoisotopic (exact) mass is 288 g/mol. The first-order valence-corrected chi connectivity index (χ1v) is 7.41. The highest BCUT2D eigenvalue weighted by atomic mass is 16.5. The maximum absolute atomic E-state index is 12.7. The van der Waals surface area contributed by atoms with E-state index in [-0.39, 0.29) is 17.9 Å². The van der Waals surface area contributed by atoms with Crippen LogP contribution >= 0.6 is 0 Å². The van der Waals surface area contributed by atoms with Crippen molar-refractivity contribution in [2.45, 2.75) is 31.8 Å². The number of carbonyl (C=O) groups is 2. The van der Waals surface area contributed by atoms with Crippen molar-refractivity contribution in [1.82, 2.24) is 9.80 Å². The predicted molar refractivity (Wildman–Crippen MR) is 77.8 cm³/mol. The molecule has 0 aliphatic carbocycles. The van der Waals surface area contributed by atoms with Crippen molar-refractivity contribution in [3.05, 3.63) is 29.8 Å². The van der Waals surface area contributed by atoms with Crippen LogP contribution in [0.15, 0.2) is 24.3 Å². The minimum atomic E-state index is -0.255. The number of ether oxygens (including phenoxy) is 1. The number of rotatable bonds is 3. The van der Waals surface area contributed by atoms with Crippen LogP contribution in [-0.2, 0) is 16.1 Å². The first-order chi connectivity index (χ1) is 10.2. The molecule has 2 aliphatic rings. The summed E-state index contributed by atoms with van der Waals surface area (Å²) in [6.07, 6.45) is 2.12. The molecule has 2 amide bonds. The van der Waals surface area contributed by atoms with E-state index in [4.69, 9.17) is 4.74 Å². The summed E-state index contributed by atoms with van der Waals surface area (Å²) >= 11 is 0. The van der Waals surface area contributed by atoms with Crippen LogP contribution in [0.5, 0.6) is 5.75 Å². The first-order valence-electron chi connectivity index (χ1n) is 7.41. The van der Waals surface area contributed by atoms with E-state index in [1.54, 1.807) is 16.9 Å². The highest BCUT2D eigenvalue weighted by Gasteiger charge is 2.39. The molecule has 112 valence electrons. The summed E-state index contributed by atoms with van der Waals surface area (Å²) in [4.78, 5) is 28.3. The van der Waals surface area contributed by atoms with Crippen molar-refractivity contribution in [1.29, 1.82) is 0 Å². The molecule has 5 nitrogen and oxygen atoms in total. The number of nitrogens with zero attached hydrogens (tertiary/aromatic N) is 2. The van der Waals surface area contributed by atoms with Gasteiger partial charge in [0.1, 0.15) is 11.8 Å². The second-order valence-corrected chi connectivity index (χ2v) is 5.57. The molecule has 0 saturated carbocycles. The molecule has 2 aliphatic heterocycles. The Hall–Kier alpha value is -2.04. The van der Waals surface area contributed by atoms with E-state index in [9.17, 15) is 9.59 Å². The lowest BCUT2D eigenvalue weighted by molar-refractivity contribution is -0.139. The molecule has 5 heteroatoms. The minimum absolute atomic E-state index is 0.0734. The summed E-state index contributed by atoms with van der Waals surface area (Å²) in [6, 6.07) is 7.45. The number of fused-ring (bicyclic) bond motifs is 1. The Morgan fingerprint density at radius 1 is 1.24 bits per heavy atom. The predicted octanol–water partition coefficient (Wildman–Crippen LogP) is 1.42. The smallest absolute Gasteiger partial charge is 0.245 e. The van der Waals surface area contributed by atoms with Crippen LogP contribution in [-0.4, -0.2) is 47.9 Å². The Labute approximate surface area is 124 Å². The van der Waals surface area contributed by atoms with Crippen LogP contribution < -0.4 is 4.74 Å². The summed E-state index contributed by atoms with van der Waals surface area (Å²) in [7, 11) is 1.63. The Kier molecular flexibility index (Phi) is 3.82. The van der Waals surface area contributed by atoms with Crippen LogP contribution in [0, 0.1) is 0 Å². The van der Waals surface area contributed by atoms with Gasteiger partial charge in [-0.2, -0.15) is 0 Å². The molecule has 0 radical (unpaired) electrons. The number of hydrogen-bond acceptors (Lipinski definition) is 3. The molecule has 0 spiro atoms. The number of amides is 2. The van der Waals surface area contributed by atoms with Gasteiger partial charge in [0, 0.05) is 31.6 Å². The Bertz CT molecular complexity index is 558. The second-order valence-electron chi connectivity index (χ2n) is 5.57. The van der Waals surface area contributed by atoms with E-state index in [0.717, 1.165) is 30.7 Å². The van der Waals surface area contributed by atoms with Crippen LogP contribution in [0.3, 0.4) is 0 Å². The third kappa shape index (κ3) is 2.60. The molecule has 21 heavy (non-hydrogen) atoms. The second kappa shape index (κ2) is 5.76. The summed E-state index contributed by atoms with van der Waals surface area (Å²) in [5.41, 5.74) is 0.979. The molecular weight excluding hydrogens is 268 g/mol. The molecule has 1 aromatic carbocycles. The Morgan fingerprint density at radius 2 is 2.05 bits per heavy atom. The van der Waals surface area contributed by atoms with Crippen LogP contribution in [0.2, 0.25) is 0 Å². The van der Waals surface area contributed by atoms with Crippen molar-refractivity contribution in [3.63, 3.8) is 0 Å². The van der Waals surface area contributed by atoms with Gasteiger partial charge >= 0.3 is 0 Å². The molecule has 0 aromatic heterocycles. The van der Waals surface area contributed by atoms with Crippen LogP contribution in [0.25, 0.3) is 0 Å². The lowest BCUT2D eigenvalue weighted by Crippen LogP contribution is -2.43. The van der Waals surface area contributed by atoms with Gasteiger partial charge in [0.2, 0.25) is 11.8 Å². The third-order valence-electron chi connectivity index (χ3n) is 4.32. The Balaban J connectivity index is 1.81. The van der Waals surface area contributed by atoms with Crippen LogP contribution in [0.1, 0.15) is 24.8 Å². The molecule has 2 fully saturated rings. The zero-order chi connectivity index (χ0) is 14.8. The molecule has 2 saturated heterocycles. The number of benzene rings is 1. The fourth-order valence-electron chi connectivity index (χ4n) is 3.21. The molecular formula is C16H20N2O3. The molecule has 0 bridgehead atoms. The van der Waals surface area contributed by atoms with Crippen molar-refractivity contribution in [2.75, 3.05) is 20.2 Å². The number of hydrogen-bond donors (Lipinski definition) is 0. The standard InChI is InChI=1S/C16H20N2O3/c1-21-14-7-3-2-5-12(14)11-17-10-8-15(19)18-9-4-6-13(18)16(17)20/h2-3,5,7,13H,4,6,8-11H2,1H3. The van der Waals surface area contributed by atoms with E-state index < -0.39 is 0 Å². The van der Waals surface area contributed by atoms with Crippen molar-refractivity contribution in [3.8, 4) is 5.75 Å². The normalized spacial score (nSPS) is 22.2. The zero-order valence-corrected chi connectivity index (χ0v) is 12.2. The average molecular weight is 288 g/mol. The van der Waals surface area contributed by atoms with Gasteiger partial charge in [-0.3, -0.25) is 9.59 Å². The van der Waals surface area contributed by atoms with Gasteiger partial charge in [0.05, 0.1) is 7.11 Å². The fourth-order valence-corrected chi connectivity index (χ4v) is 3.21. The zero-order valence-electron chi connectivity index (χ0n) is 12.2. The maximum Gasteiger partial charge on any atom is 0.245 e. The highest BCUT2D eigenvalue weighted by molar-refractivity contribution is 5.90. The molecule has 3 rings (SSSR count). The average Bonchev–Trinajstić information content (AvgIpc) is 2.96. The topological polar surface area (TPSA) is 49.9 Å². The van der Waals surface area contributed by atoms with E-state index >= 15 is 0 Å². The van der Waals surface area contributed by atoms with Gasteiger partial charge < -0.3 is 14.5 Å². The van der Waals surface area contributed by atoms with Gasteiger partial charge in [0.15, 0.2) is 0 Å². The van der Waals surface area contributed by atoms with E-state index in [0.29, 0.717) is 19.5 Å².